The van der Waals surface area contributed by atoms with Crippen molar-refractivity contribution < 1.29 is 29.9 Å². The van der Waals surface area contributed by atoms with Gasteiger partial charge in [0.2, 0.25) is 11.8 Å². The molecule has 2 aromatic rings. The molecule has 0 radical (unpaired) electrons. The van der Waals surface area contributed by atoms with E-state index >= 15 is 0 Å². The van der Waals surface area contributed by atoms with Crippen LogP contribution in [0.25, 0.3) is 0 Å². The molecule has 2 heterocycles. The molecule has 0 spiro atoms. The number of nitrogens with zero attached hydrogens (tertiary/aromatic N) is 1. The number of carbonyl (C=O) groups is 3. The van der Waals surface area contributed by atoms with Crippen molar-refractivity contribution in [3.05, 3.63) is 65.7 Å². The standard InChI is InChI=1S/C23H24N2O5/c1-2-12-23(22(29)30)18-17(19(24-23)15-10-6-7-11-16(15)26)20(27)25(21(18)28)13-14-8-4-3-5-9-14/h3-11,17-19,24,26H,2,12-13H2,1H3,(H,29,30)/t17-,18-,19-,23-/m0/s1. The number of amides is 2. The lowest BCUT2D eigenvalue weighted by Crippen LogP contribution is -2.99. The fraction of sp³-hybridized carbons (Fsp3) is 0.348. The number of hydrogen-bond acceptors (Lipinski definition) is 5. The summed E-state index contributed by atoms with van der Waals surface area (Å²) in [6.45, 7) is 1.93. The van der Waals surface area contributed by atoms with Crippen LogP contribution < -0.4 is 10.4 Å². The number of quaternary nitrogens is 1. The number of carbonyl (C=O) groups excluding carboxylic acids is 3. The van der Waals surface area contributed by atoms with Gasteiger partial charge in [0, 0.05) is 6.42 Å². The van der Waals surface area contributed by atoms with Gasteiger partial charge in [0.15, 0.2) is 0 Å². The van der Waals surface area contributed by atoms with Gasteiger partial charge in [-0.1, -0.05) is 49.4 Å². The second-order valence-corrected chi connectivity index (χ2v) is 8.08. The van der Waals surface area contributed by atoms with E-state index in [1.54, 1.807) is 23.5 Å². The summed E-state index contributed by atoms with van der Waals surface area (Å²) in [5.74, 6) is -4.18. The third kappa shape index (κ3) is 2.97. The Morgan fingerprint density at radius 2 is 1.77 bits per heavy atom. The Morgan fingerprint density at radius 3 is 2.40 bits per heavy atom. The van der Waals surface area contributed by atoms with Crippen LogP contribution >= 0.6 is 0 Å². The van der Waals surface area contributed by atoms with E-state index in [9.17, 15) is 24.6 Å². The van der Waals surface area contributed by atoms with Crippen molar-refractivity contribution in [1.29, 1.82) is 0 Å². The predicted molar refractivity (Wildman–Crippen MR) is 104 cm³/mol. The third-order valence-corrected chi connectivity index (χ3v) is 6.38. The maximum atomic E-state index is 13.4. The SMILES string of the molecule is CCC[C@]1(C(=O)[O-])[NH2+][C@@H](c2ccccc2O)[C@H]2C(=O)N(Cc3ccccc3)C(=O)[C@H]21. The first-order valence-electron chi connectivity index (χ1n) is 10.1. The van der Waals surface area contributed by atoms with Gasteiger partial charge in [0.05, 0.1) is 12.1 Å². The summed E-state index contributed by atoms with van der Waals surface area (Å²) in [6, 6.07) is 15.0. The van der Waals surface area contributed by atoms with E-state index in [2.05, 4.69) is 0 Å². The number of para-hydroxylation sites is 1. The highest BCUT2D eigenvalue weighted by molar-refractivity contribution is 6.08. The van der Waals surface area contributed by atoms with E-state index in [0.29, 0.717) is 12.0 Å². The Morgan fingerprint density at radius 1 is 1.10 bits per heavy atom. The van der Waals surface area contributed by atoms with Crippen LogP contribution in [-0.4, -0.2) is 33.3 Å². The molecule has 4 atom stereocenters. The molecule has 2 aliphatic rings. The predicted octanol–water partition coefficient (Wildman–Crippen LogP) is 0.101. The molecule has 0 aliphatic carbocycles. The van der Waals surface area contributed by atoms with Crippen LogP contribution in [0.15, 0.2) is 54.6 Å². The molecule has 7 nitrogen and oxygen atoms in total. The molecule has 2 aromatic carbocycles. The number of rotatable bonds is 6. The summed E-state index contributed by atoms with van der Waals surface area (Å²) < 4.78 is 0. The van der Waals surface area contributed by atoms with Gasteiger partial charge in [-0.2, -0.15) is 0 Å². The number of carboxylic acids is 1. The fourth-order valence-corrected chi connectivity index (χ4v) is 5.11. The van der Waals surface area contributed by atoms with Crippen LogP contribution in [0.2, 0.25) is 0 Å². The fourth-order valence-electron chi connectivity index (χ4n) is 5.11. The Balaban J connectivity index is 1.80. The summed E-state index contributed by atoms with van der Waals surface area (Å²) >= 11 is 0. The molecule has 0 aromatic heterocycles. The van der Waals surface area contributed by atoms with E-state index < -0.39 is 41.2 Å². The molecule has 0 saturated carbocycles. The lowest BCUT2D eigenvalue weighted by molar-refractivity contribution is -0.739. The van der Waals surface area contributed by atoms with E-state index in [-0.39, 0.29) is 18.7 Å². The monoisotopic (exact) mass is 408 g/mol. The van der Waals surface area contributed by atoms with Crippen molar-refractivity contribution in [2.45, 2.75) is 37.9 Å². The molecule has 2 saturated heterocycles. The number of aliphatic carboxylic acids is 1. The quantitative estimate of drug-likeness (QED) is 0.658. The highest BCUT2D eigenvalue weighted by Crippen LogP contribution is 2.47. The topological polar surface area (TPSA) is 114 Å². The van der Waals surface area contributed by atoms with Crippen LogP contribution in [0, 0.1) is 11.8 Å². The highest BCUT2D eigenvalue weighted by atomic mass is 16.4. The zero-order valence-electron chi connectivity index (χ0n) is 16.7. The first-order chi connectivity index (χ1) is 14.4. The molecule has 2 fully saturated rings. The second kappa shape index (κ2) is 7.57. The van der Waals surface area contributed by atoms with Gasteiger partial charge in [-0.25, -0.2) is 0 Å². The van der Waals surface area contributed by atoms with Gasteiger partial charge < -0.3 is 20.3 Å². The van der Waals surface area contributed by atoms with E-state index in [4.69, 9.17) is 0 Å². The van der Waals surface area contributed by atoms with Crippen LogP contribution in [0.3, 0.4) is 0 Å². The van der Waals surface area contributed by atoms with Gasteiger partial charge in [-0.05, 0) is 24.1 Å². The van der Waals surface area contributed by atoms with E-state index in [1.165, 1.54) is 6.07 Å². The van der Waals surface area contributed by atoms with Crippen molar-refractivity contribution in [2.75, 3.05) is 0 Å². The third-order valence-electron chi connectivity index (χ3n) is 6.38. The number of imide groups is 1. The van der Waals surface area contributed by atoms with Crippen molar-refractivity contribution in [1.82, 2.24) is 4.90 Å². The van der Waals surface area contributed by atoms with Crippen molar-refractivity contribution in [3.8, 4) is 5.75 Å². The Bertz CT molecular complexity index is 992. The molecule has 4 rings (SSSR count). The lowest BCUT2D eigenvalue weighted by atomic mass is 9.77. The maximum Gasteiger partial charge on any atom is 0.240 e. The van der Waals surface area contributed by atoms with Crippen molar-refractivity contribution >= 4 is 17.8 Å². The number of hydrogen-bond donors (Lipinski definition) is 2. The molecular formula is C23H24N2O5. The van der Waals surface area contributed by atoms with E-state index in [1.807, 2.05) is 37.3 Å². The smallest absolute Gasteiger partial charge is 0.240 e. The van der Waals surface area contributed by atoms with Gasteiger partial charge in [0.1, 0.15) is 35.1 Å². The second-order valence-electron chi connectivity index (χ2n) is 8.08. The number of fused-ring (bicyclic) bond motifs is 1. The molecule has 2 aliphatic heterocycles. The van der Waals surface area contributed by atoms with Gasteiger partial charge in [-0.15, -0.1) is 0 Å². The maximum absolute atomic E-state index is 13.4. The van der Waals surface area contributed by atoms with Gasteiger partial charge in [-0.3, -0.25) is 14.5 Å². The lowest BCUT2D eigenvalue weighted by Gasteiger charge is -2.32. The average molecular weight is 408 g/mol. The summed E-state index contributed by atoms with van der Waals surface area (Å²) in [5, 5.41) is 24.3. The first-order valence-corrected chi connectivity index (χ1v) is 10.1. The van der Waals surface area contributed by atoms with Crippen molar-refractivity contribution in [2.24, 2.45) is 11.8 Å². The van der Waals surface area contributed by atoms with Crippen LogP contribution in [0.1, 0.15) is 36.9 Å². The average Bonchev–Trinajstić information content (AvgIpc) is 3.20. The number of likely N-dealkylation sites (tertiary alicyclic amines) is 1. The van der Waals surface area contributed by atoms with Crippen LogP contribution in [0.4, 0.5) is 0 Å². The molecule has 3 N–H and O–H groups in total. The number of phenols is 1. The molecule has 2 amide bonds. The van der Waals surface area contributed by atoms with Crippen molar-refractivity contribution in [3.63, 3.8) is 0 Å². The summed E-state index contributed by atoms with van der Waals surface area (Å²) in [5.41, 5.74) is -0.309. The molecule has 0 bridgehead atoms. The van der Waals surface area contributed by atoms with E-state index in [0.717, 1.165) is 10.5 Å². The normalized spacial score (nSPS) is 28.0. The Kier molecular flexibility index (Phi) is 5.07. The summed E-state index contributed by atoms with van der Waals surface area (Å²) in [6.07, 6.45) is 0.708. The minimum absolute atomic E-state index is 0.0232. The zero-order chi connectivity index (χ0) is 21.5. The largest absolute Gasteiger partial charge is 0.544 e. The molecule has 7 heteroatoms. The minimum Gasteiger partial charge on any atom is -0.544 e. The molecule has 156 valence electrons. The number of carboxylic acid groups (broad SMARTS) is 1. The Labute approximate surface area is 174 Å². The summed E-state index contributed by atoms with van der Waals surface area (Å²) in [4.78, 5) is 40.3. The highest BCUT2D eigenvalue weighted by Gasteiger charge is 2.69. The van der Waals surface area contributed by atoms with Gasteiger partial charge >= 0.3 is 0 Å². The number of nitrogens with two attached hydrogens (primary N) is 1. The molecule has 30 heavy (non-hydrogen) atoms. The minimum atomic E-state index is -1.55. The molecule has 0 unspecified atom stereocenters. The van der Waals surface area contributed by atoms with Crippen LogP contribution in [0.5, 0.6) is 5.75 Å². The van der Waals surface area contributed by atoms with Gasteiger partial charge in [0.25, 0.3) is 0 Å². The Hall–Kier alpha value is -3.19. The number of aromatic hydroxyl groups is 1. The number of benzene rings is 2. The van der Waals surface area contributed by atoms with Crippen LogP contribution in [-0.2, 0) is 20.9 Å². The first kappa shape index (κ1) is 20.1. The molecular weight excluding hydrogens is 384 g/mol. The number of phenolic OH excluding ortho intramolecular Hbond substituents is 1. The zero-order valence-corrected chi connectivity index (χ0v) is 16.7. The summed E-state index contributed by atoms with van der Waals surface area (Å²) in [7, 11) is 0.